The second-order valence-corrected chi connectivity index (χ2v) is 8.93. The quantitative estimate of drug-likeness (QED) is 0.387. The highest BCUT2D eigenvalue weighted by Gasteiger charge is 2.68. The molecule has 0 unspecified atom stereocenters. The average molecular weight is 436 g/mol. The van der Waals surface area contributed by atoms with E-state index in [2.05, 4.69) is 15.3 Å². The van der Waals surface area contributed by atoms with Gasteiger partial charge in [-0.05, 0) is 49.1 Å². The zero-order valence-electron chi connectivity index (χ0n) is 15.7. The lowest BCUT2D eigenvalue weighted by molar-refractivity contribution is -0.164. The maximum atomic E-state index is 13.4. The Hall–Kier alpha value is -2.19. The molecule has 0 atom stereocenters. The van der Waals surface area contributed by atoms with Crippen molar-refractivity contribution in [2.24, 2.45) is 5.41 Å². The Balaban J connectivity index is 1.24. The fourth-order valence-electron chi connectivity index (χ4n) is 4.39. The molecule has 0 saturated heterocycles. The van der Waals surface area contributed by atoms with E-state index in [9.17, 15) is 14.0 Å². The minimum Gasteiger partial charge on any atom is -0.484 e. The van der Waals surface area contributed by atoms with E-state index in [0.29, 0.717) is 17.3 Å². The lowest BCUT2D eigenvalue weighted by Gasteiger charge is -2.70. The summed E-state index contributed by atoms with van der Waals surface area (Å²) in [5, 5.41) is 3.57. The SMILES string of the molecule is CSc1nccc(C(=O)CC23CC(NC(=O)COc4ccc(Cl)c(F)c4)(C2)C3)n1. The number of benzene rings is 1. The van der Waals surface area contributed by atoms with Crippen LogP contribution in [0.25, 0.3) is 0 Å². The van der Waals surface area contributed by atoms with E-state index in [1.165, 1.54) is 23.9 Å². The molecule has 0 spiro atoms. The van der Waals surface area contributed by atoms with Gasteiger partial charge in [-0.15, -0.1) is 0 Å². The van der Waals surface area contributed by atoms with Gasteiger partial charge in [0.05, 0.1) is 5.02 Å². The number of nitrogens with one attached hydrogen (secondary N) is 1. The molecule has 3 aliphatic carbocycles. The summed E-state index contributed by atoms with van der Waals surface area (Å²) in [6.07, 6.45) is 6.21. The van der Waals surface area contributed by atoms with Crippen molar-refractivity contribution < 1.29 is 18.7 Å². The molecule has 1 amide bonds. The summed E-state index contributed by atoms with van der Waals surface area (Å²) in [7, 11) is 0. The van der Waals surface area contributed by atoms with Crippen LogP contribution in [-0.2, 0) is 4.79 Å². The Morgan fingerprint density at radius 2 is 2.07 bits per heavy atom. The molecule has 1 heterocycles. The number of halogens is 2. The number of aromatic nitrogens is 2. The predicted octanol–water partition coefficient (Wildman–Crippen LogP) is 3.68. The molecule has 2 bridgehead atoms. The highest BCUT2D eigenvalue weighted by atomic mass is 35.5. The number of Topliss-reactive ketones (excluding diaryl/α,β-unsaturated/α-hetero) is 1. The van der Waals surface area contributed by atoms with Crippen LogP contribution in [0.15, 0.2) is 35.6 Å². The van der Waals surface area contributed by atoms with E-state index in [-0.39, 0.29) is 40.0 Å². The van der Waals surface area contributed by atoms with Gasteiger partial charge in [0.1, 0.15) is 17.3 Å². The third-order valence-corrected chi connectivity index (χ3v) is 6.31. The second-order valence-electron chi connectivity index (χ2n) is 7.75. The van der Waals surface area contributed by atoms with Crippen LogP contribution in [0.5, 0.6) is 5.75 Å². The van der Waals surface area contributed by atoms with Crippen molar-refractivity contribution in [1.29, 1.82) is 0 Å². The van der Waals surface area contributed by atoms with Gasteiger partial charge < -0.3 is 10.1 Å². The van der Waals surface area contributed by atoms with Gasteiger partial charge in [-0.1, -0.05) is 23.4 Å². The molecular formula is C20H19ClFN3O3S. The van der Waals surface area contributed by atoms with Crippen molar-refractivity contribution in [3.8, 4) is 5.75 Å². The van der Waals surface area contributed by atoms with Crippen LogP contribution in [0.1, 0.15) is 36.2 Å². The number of carbonyl (C=O) groups excluding carboxylic acids is 2. The van der Waals surface area contributed by atoms with Crippen LogP contribution in [0.3, 0.4) is 0 Å². The molecule has 29 heavy (non-hydrogen) atoms. The van der Waals surface area contributed by atoms with E-state index in [1.54, 1.807) is 12.3 Å². The first kappa shape index (κ1) is 20.1. The zero-order chi connectivity index (χ0) is 20.6. The van der Waals surface area contributed by atoms with Crippen molar-refractivity contribution in [1.82, 2.24) is 15.3 Å². The number of carbonyl (C=O) groups is 2. The van der Waals surface area contributed by atoms with Crippen LogP contribution in [0, 0.1) is 11.2 Å². The van der Waals surface area contributed by atoms with Gasteiger partial charge in [0.25, 0.3) is 5.91 Å². The first-order valence-electron chi connectivity index (χ1n) is 9.11. The lowest BCUT2D eigenvalue weighted by Crippen LogP contribution is -2.75. The first-order chi connectivity index (χ1) is 13.8. The molecule has 6 nitrogen and oxygen atoms in total. The minimum atomic E-state index is -0.594. The first-order valence-corrected chi connectivity index (χ1v) is 10.7. The Morgan fingerprint density at radius 3 is 2.76 bits per heavy atom. The van der Waals surface area contributed by atoms with Gasteiger partial charge in [0, 0.05) is 24.2 Å². The smallest absolute Gasteiger partial charge is 0.258 e. The summed E-state index contributed by atoms with van der Waals surface area (Å²) < 4.78 is 18.7. The van der Waals surface area contributed by atoms with Crippen molar-refractivity contribution in [2.75, 3.05) is 12.9 Å². The van der Waals surface area contributed by atoms with Gasteiger partial charge in [0.2, 0.25) is 0 Å². The standard InChI is InChI=1S/C20H19ClFN3O3S/c1-29-18-23-5-4-15(24-18)16(26)7-19-9-20(10-19,11-19)25-17(27)8-28-12-2-3-13(21)14(22)6-12/h2-6H,7-11H2,1H3,(H,25,27). The van der Waals surface area contributed by atoms with Gasteiger partial charge in [-0.2, -0.15) is 0 Å². The molecule has 3 fully saturated rings. The van der Waals surface area contributed by atoms with E-state index in [0.717, 1.165) is 25.3 Å². The summed E-state index contributed by atoms with van der Waals surface area (Å²) in [4.78, 5) is 33.1. The van der Waals surface area contributed by atoms with Gasteiger partial charge in [-0.3, -0.25) is 9.59 Å². The molecule has 1 N–H and O–H groups in total. The van der Waals surface area contributed by atoms with E-state index in [1.807, 2.05) is 6.26 Å². The monoisotopic (exact) mass is 435 g/mol. The third-order valence-electron chi connectivity index (χ3n) is 5.44. The van der Waals surface area contributed by atoms with E-state index in [4.69, 9.17) is 16.3 Å². The lowest BCUT2D eigenvalue weighted by atomic mass is 9.38. The minimum absolute atomic E-state index is 0.00199. The molecule has 3 saturated carbocycles. The average Bonchev–Trinajstić information content (AvgIpc) is 2.66. The third kappa shape index (κ3) is 4.09. The van der Waals surface area contributed by atoms with Crippen LogP contribution < -0.4 is 10.1 Å². The Kier molecular flexibility index (Phi) is 5.25. The maximum Gasteiger partial charge on any atom is 0.258 e. The number of thioether (sulfide) groups is 1. The molecular weight excluding hydrogens is 417 g/mol. The molecule has 5 rings (SSSR count). The molecule has 2 aromatic rings. The summed E-state index contributed by atoms with van der Waals surface area (Å²) in [5.41, 5.74) is 0.146. The van der Waals surface area contributed by atoms with Crippen LogP contribution in [0.4, 0.5) is 4.39 Å². The normalized spacial score (nSPS) is 24.2. The maximum absolute atomic E-state index is 13.4. The predicted molar refractivity (Wildman–Crippen MR) is 107 cm³/mol. The largest absolute Gasteiger partial charge is 0.484 e. The van der Waals surface area contributed by atoms with Crippen molar-refractivity contribution >= 4 is 35.1 Å². The number of ketones is 1. The van der Waals surface area contributed by atoms with Crippen LogP contribution in [-0.4, -0.2) is 40.1 Å². The topological polar surface area (TPSA) is 81.2 Å². The van der Waals surface area contributed by atoms with Gasteiger partial charge >= 0.3 is 0 Å². The van der Waals surface area contributed by atoms with Crippen LogP contribution in [0.2, 0.25) is 5.02 Å². The van der Waals surface area contributed by atoms with Gasteiger partial charge in [-0.25, -0.2) is 14.4 Å². The summed E-state index contributed by atoms with van der Waals surface area (Å²) in [6.45, 7) is -0.201. The zero-order valence-corrected chi connectivity index (χ0v) is 17.3. The molecule has 1 aromatic carbocycles. The molecule has 0 radical (unpaired) electrons. The Bertz CT molecular complexity index is 967. The highest BCUT2D eigenvalue weighted by Crippen LogP contribution is 2.69. The number of nitrogens with zero attached hydrogens (tertiary/aromatic N) is 2. The summed E-state index contributed by atoms with van der Waals surface area (Å²) in [6, 6.07) is 5.68. The fourth-order valence-corrected chi connectivity index (χ4v) is 4.86. The van der Waals surface area contributed by atoms with Gasteiger partial charge in [0.15, 0.2) is 17.5 Å². The molecule has 3 aliphatic rings. The molecule has 152 valence electrons. The highest BCUT2D eigenvalue weighted by molar-refractivity contribution is 7.98. The van der Waals surface area contributed by atoms with Crippen LogP contribution >= 0.6 is 23.4 Å². The molecule has 0 aliphatic heterocycles. The van der Waals surface area contributed by atoms with E-state index >= 15 is 0 Å². The molecule has 1 aromatic heterocycles. The summed E-state index contributed by atoms with van der Waals surface area (Å²) >= 11 is 7.02. The number of rotatable bonds is 8. The second kappa shape index (κ2) is 7.57. The van der Waals surface area contributed by atoms with Crippen molar-refractivity contribution in [3.63, 3.8) is 0 Å². The number of ether oxygens (including phenoxy) is 1. The molecule has 9 heteroatoms. The number of hydrogen-bond acceptors (Lipinski definition) is 6. The number of amides is 1. The number of hydrogen-bond donors (Lipinski definition) is 1. The Morgan fingerprint density at radius 1 is 1.31 bits per heavy atom. The Labute approximate surface area is 176 Å². The van der Waals surface area contributed by atoms with Crippen molar-refractivity contribution in [2.45, 2.75) is 36.4 Å². The van der Waals surface area contributed by atoms with E-state index < -0.39 is 5.82 Å². The fraction of sp³-hybridized carbons (Fsp3) is 0.400. The van der Waals surface area contributed by atoms with Crippen molar-refractivity contribution in [3.05, 3.63) is 47.0 Å². The summed E-state index contributed by atoms with van der Waals surface area (Å²) in [5.74, 6) is -0.601.